The van der Waals surface area contributed by atoms with Gasteiger partial charge in [-0.25, -0.2) is 4.98 Å². The van der Waals surface area contributed by atoms with Crippen molar-refractivity contribution < 1.29 is 0 Å². The standard InChI is InChI=1S/C25H17N/c1-3-9-18(10-4-1)23-17-21-16-15-19-11-7-8-14-22(19)25(21)26-24(23)20-12-5-2-6-13-20/h1-17H. The first-order valence-corrected chi connectivity index (χ1v) is 8.83. The Morgan fingerprint density at radius 2 is 1.12 bits per heavy atom. The van der Waals surface area contributed by atoms with E-state index >= 15 is 0 Å². The van der Waals surface area contributed by atoms with Crippen LogP contribution in [-0.2, 0) is 0 Å². The molecule has 0 aliphatic rings. The topological polar surface area (TPSA) is 12.9 Å². The number of aromatic nitrogens is 1. The van der Waals surface area contributed by atoms with Crippen molar-refractivity contribution in [1.29, 1.82) is 0 Å². The van der Waals surface area contributed by atoms with Gasteiger partial charge in [0.05, 0.1) is 11.2 Å². The molecule has 0 aliphatic carbocycles. The number of pyridine rings is 1. The highest BCUT2D eigenvalue weighted by Gasteiger charge is 2.12. The Morgan fingerprint density at radius 1 is 0.500 bits per heavy atom. The molecule has 0 saturated carbocycles. The number of rotatable bonds is 2. The van der Waals surface area contributed by atoms with Gasteiger partial charge in [-0.2, -0.15) is 0 Å². The highest BCUT2D eigenvalue weighted by molar-refractivity contribution is 6.07. The Morgan fingerprint density at radius 3 is 1.88 bits per heavy atom. The lowest BCUT2D eigenvalue weighted by Crippen LogP contribution is -1.92. The minimum Gasteiger partial charge on any atom is -0.246 e. The van der Waals surface area contributed by atoms with Crippen LogP contribution < -0.4 is 0 Å². The van der Waals surface area contributed by atoms with E-state index in [1.165, 1.54) is 27.3 Å². The molecule has 1 aromatic heterocycles. The second-order valence-corrected chi connectivity index (χ2v) is 6.48. The van der Waals surface area contributed by atoms with Crippen LogP contribution in [0.15, 0.2) is 103 Å². The number of fused-ring (bicyclic) bond motifs is 3. The molecule has 0 N–H and O–H groups in total. The highest BCUT2D eigenvalue weighted by Crippen LogP contribution is 2.35. The molecule has 1 nitrogen and oxygen atoms in total. The maximum atomic E-state index is 5.15. The summed E-state index contributed by atoms with van der Waals surface area (Å²) in [6.45, 7) is 0. The van der Waals surface area contributed by atoms with Gasteiger partial charge in [0.15, 0.2) is 0 Å². The zero-order valence-corrected chi connectivity index (χ0v) is 14.3. The fraction of sp³-hybridized carbons (Fsp3) is 0. The van der Waals surface area contributed by atoms with Crippen LogP contribution in [0.3, 0.4) is 0 Å². The molecule has 4 aromatic carbocycles. The third kappa shape index (κ3) is 2.46. The molecule has 5 aromatic rings. The summed E-state index contributed by atoms with van der Waals surface area (Å²) >= 11 is 0. The number of benzene rings is 4. The lowest BCUT2D eigenvalue weighted by atomic mass is 9.96. The minimum absolute atomic E-state index is 1.03. The van der Waals surface area contributed by atoms with E-state index in [2.05, 4.69) is 91.0 Å². The zero-order chi connectivity index (χ0) is 17.3. The van der Waals surface area contributed by atoms with E-state index in [-0.39, 0.29) is 0 Å². The Labute approximate surface area is 152 Å². The summed E-state index contributed by atoms with van der Waals surface area (Å²) in [5.41, 5.74) is 5.58. The van der Waals surface area contributed by atoms with Gasteiger partial charge in [0, 0.05) is 21.9 Å². The normalized spacial score (nSPS) is 11.1. The molecule has 0 atom stereocenters. The summed E-state index contributed by atoms with van der Waals surface area (Å²) in [6.07, 6.45) is 0. The second kappa shape index (κ2) is 6.12. The summed E-state index contributed by atoms with van der Waals surface area (Å²) in [7, 11) is 0. The van der Waals surface area contributed by atoms with E-state index in [1.807, 2.05) is 12.1 Å². The Kier molecular flexibility index (Phi) is 3.50. The highest BCUT2D eigenvalue weighted by atomic mass is 14.7. The minimum atomic E-state index is 1.03. The van der Waals surface area contributed by atoms with Gasteiger partial charge in [0.2, 0.25) is 0 Å². The van der Waals surface area contributed by atoms with Crippen molar-refractivity contribution in [1.82, 2.24) is 4.98 Å². The first-order valence-electron chi connectivity index (χ1n) is 8.83. The van der Waals surface area contributed by atoms with Crippen LogP contribution in [0, 0.1) is 0 Å². The molecular formula is C25H17N. The SMILES string of the molecule is c1ccc(-c2cc3ccc4ccccc4c3nc2-c2ccccc2)cc1. The maximum Gasteiger partial charge on any atom is 0.0788 e. The smallest absolute Gasteiger partial charge is 0.0788 e. The molecule has 0 bridgehead atoms. The summed E-state index contributed by atoms with van der Waals surface area (Å²) in [4.78, 5) is 5.15. The fourth-order valence-electron chi connectivity index (χ4n) is 3.56. The summed E-state index contributed by atoms with van der Waals surface area (Å²) in [5.74, 6) is 0. The molecule has 122 valence electrons. The van der Waals surface area contributed by atoms with Crippen LogP contribution in [0.5, 0.6) is 0 Å². The van der Waals surface area contributed by atoms with Crippen molar-refractivity contribution in [3.63, 3.8) is 0 Å². The Bertz CT molecular complexity index is 1210. The molecule has 0 unspecified atom stereocenters. The van der Waals surface area contributed by atoms with E-state index in [0.29, 0.717) is 0 Å². The molecular weight excluding hydrogens is 314 g/mol. The van der Waals surface area contributed by atoms with Crippen molar-refractivity contribution in [3.8, 4) is 22.4 Å². The molecule has 0 amide bonds. The number of hydrogen-bond donors (Lipinski definition) is 0. The van der Waals surface area contributed by atoms with Gasteiger partial charge in [-0.05, 0) is 17.0 Å². The van der Waals surface area contributed by atoms with Gasteiger partial charge in [-0.1, -0.05) is 97.1 Å². The molecule has 1 heterocycles. The van der Waals surface area contributed by atoms with Gasteiger partial charge in [-0.3, -0.25) is 0 Å². The summed E-state index contributed by atoms with van der Waals surface area (Å²) < 4.78 is 0. The van der Waals surface area contributed by atoms with Crippen molar-refractivity contribution in [2.24, 2.45) is 0 Å². The van der Waals surface area contributed by atoms with Crippen molar-refractivity contribution in [2.45, 2.75) is 0 Å². The Hall–Kier alpha value is -3.45. The molecule has 0 aliphatic heterocycles. The summed E-state index contributed by atoms with van der Waals surface area (Å²) in [5, 5.41) is 3.59. The van der Waals surface area contributed by atoms with Crippen LogP contribution in [0.25, 0.3) is 44.1 Å². The second-order valence-electron chi connectivity index (χ2n) is 6.48. The molecule has 0 saturated heterocycles. The van der Waals surface area contributed by atoms with E-state index in [1.54, 1.807) is 0 Å². The van der Waals surface area contributed by atoms with Gasteiger partial charge in [0.25, 0.3) is 0 Å². The van der Waals surface area contributed by atoms with Crippen molar-refractivity contribution >= 4 is 21.7 Å². The molecule has 5 rings (SSSR count). The van der Waals surface area contributed by atoms with E-state index < -0.39 is 0 Å². The molecule has 0 fully saturated rings. The van der Waals surface area contributed by atoms with Gasteiger partial charge in [-0.15, -0.1) is 0 Å². The predicted molar refractivity (Wildman–Crippen MR) is 110 cm³/mol. The molecule has 0 spiro atoms. The van der Waals surface area contributed by atoms with Crippen LogP contribution in [0.2, 0.25) is 0 Å². The summed E-state index contributed by atoms with van der Waals surface area (Å²) in [6, 6.07) is 36.0. The largest absolute Gasteiger partial charge is 0.246 e. The number of nitrogens with zero attached hydrogens (tertiary/aromatic N) is 1. The average molecular weight is 331 g/mol. The zero-order valence-electron chi connectivity index (χ0n) is 14.3. The van der Waals surface area contributed by atoms with Crippen LogP contribution in [0.1, 0.15) is 0 Å². The van der Waals surface area contributed by atoms with Gasteiger partial charge in [0.1, 0.15) is 0 Å². The first-order chi connectivity index (χ1) is 12.9. The molecule has 26 heavy (non-hydrogen) atoms. The van der Waals surface area contributed by atoms with Crippen LogP contribution in [0.4, 0.5) is 0 Å². The van der Waals surface area contributed by atoms with Crippen molar-refractivity contribution in [3.05, 3.63) is 103 Å². The van der Waals surface area contributed by atoms with Gasteiger partial charge < -0.3 is 0 Å². The predicted octanol–water partition coefficient (Wildman–Crippen LogP) is 6.72. The molecule has 1 heteroatoms. The van der Waals surface area contributed by atoms with Crippen molar-refractivity contribution in [2.75, 3.05) is 0 Å². The maximum absolute atomic E-state index is 5.15. The van der Waals surface area contributed by atoms with Gasteiger partial charge >= 0.3 is 0 Å². The average Bonchev–Trinajstić information content (AvgIpc) is 2.74. The monoisotopic (exact) mass is 331 g/mol. The molecule has 0 radical (unpaired) electrons. The number of hydrogen-bond acceptors (Lipinski definition) is 1. The lowest BCUT2D eigenvalue weighted by molar-refractivity contribution is 1.40. The van der Waals surface area contributed by atoms with E-state index in [0.717, 1.165) is 16.8 Å². The third-order valence-corrected chi connectivity index (χ3v) is 4.84. The van der Waals surface area contributed by atoms with E-state index in [9.17, 15) is 0 Å². The quantitative estimate of drug-likeness (QED) is 0.327. The third-order valence-electron chi connectivity index (χ3n) is 4.84. The Balaban J connectivity index is 1.90. The fourth-order valence-corrected chi connectivity index (χ4v) is 3.56. The van der Waals surface area contributed by atoms with E-state index in [4.69, 9.17) is 4.98 Å². The van der Waals surface area contributed by atoms with Crippen LogP contribution in [-0.4, -0.2) is 4.98 Å². The lowest BCUT2D eigenvalue weighted by Gasteiger charge is -2.13. The first kappa shape index (κ1) is 14.9. The van der Waals surface area contributed by atoms with Crippen LogP contribution >= 0.6 is 0 Å².